The van der Waals surface area contributed by atoms with Gasteiger partial charge in [-0.15, -0.1) is 0 Å². The fourth-order valence-electron chi connectivity index (χ4n) is 2.80. The minimum atomic E-state index is -0.402. The minimum Gasteiger partial charge on any atom is -0.496 e. The second kappa shape index (κ2) is 7.82. The van der Waals surface area contributed by atoms with Gasteiger partial charge in [0.1, 0.15) is 17.6 Å². The molecule has 0 aliphatic rings. The Kier molecular flexibility index (Phi) is 5.31. The number of benzene rings is 2. The van der Waals surface area contributed by atoms with Gasteiger partial charge in [0.25, 0.3) is 0 Å². The van der Waals surface area contributed by atoms with Gasteiger partial charge in [-0.1, -0.05) is 42.5 Å². The first-order chi connectivity index (χ1) is 12.6. The first-order valence-electron chi connectivity index (χ1n) is 8.43. The Hall–Kier alpha value is -3.15. The van der Waals surface area contributed by atoms with Crippen molar-refractivity contribution in [3.63, 3.8) is 0 Å². The summed E-state index contributed by atoms with van der Waals surface area (Å²) in [7, 11) is 1.63. The van der Waals surface area contributed by atoms with Gasteiger partial charge in [-0.05, 0) is 36.6 Å². The van der Waals surface area contributed by atoms with Crippen LogP contribution in [-0.4, -0.2) is 28.2 Å². The average Bonchev–Trinajstić information content (AvgIpc) is 3.08. The summed E-state index contributed by atoms with van der Waals surface area (Å²) < 4.78 is 5.33. The highest BCUT2D eigenvalue weighted by atomic mass is 16.5. The molecule has 1 aromatic heterocycles. The molecule has 0 aliphatic carbocycles. The molecule has 3 aromatic rings. The summed E-state index contributed by atoms with van der Waals surface area (Å²) in [6.07, 6.45) is 0.253. The van der Waals surface area contributed by atoms with Crippen molar-refractivity contribution in [1.82, 2.24) is 20.5 Å². The Bertz CT molecular complexity index is 890. The lowest BCUT2D eigenvalue weighted by Gasteiger charge is -2.16. The normalized spacial score (nSPS) is 11.8. The Balaban J connectivity index is 1.79. The van der Waals surface area contributed by atoms with Gasteiger partial charge in [0, 0.05) is 0 Å². The second-order valence-corrected chi connectivity index (χ2v) is 6.17. The maximum Gasteiger partial charge on any atom is 0.225 e. The van der Waals surface area contributed by atoms with Crippen molar-refractivity contribution in [1.29, 1.82) is 0 Å². The third kappa shape index (κ3) is 4.08. The van der Waals surface area contributed by atoms with E-state index < -0.39 is 6.04 Å². The van der Waals surface area contributed by atoms with Crippen LogP contribution in [0.1, 0.15) is 34.4 Å². The molecule has 0 saturated heterocycles. The highest BCUT2D eigenvalue weighted by Gasteiger charge is 2.21. The van der Waals surface area contributed by atoms with E-state index in [4.69, 9.17) is 4.74 Å². The number of carbonyl (C=O) groups is 1. The van der Waals surface area contributed by atoms with Crippen molar-refractivity contribution in [2.45, 2.75) is 26.3 Å². The molecule has 134 valence electrons. The number of hydrogen-bond acceptors (Lipinski definition) is 4. The topological polar surface area (TPSA) is 79.9 Å². The van der Waals surface area contributed by atoms with E-state index in [1.807, 2.05) is 62.4 Å². The maximum absolute atomic E-state index is 12.6. The minimum absolute atomic E-state index is 0.104. The molecule has 6 heteroatoms. The van der Waals surface area contributed by atoms with Gasteiger partial charge in [0.05, 0.1) is 13.5 Å². The highest BCUT2D eigenvalue weighted by molar-refractivity contribution is 5.79. The largest absolute Gasteiger partial charge is 0.496 e. The van der Waals surface area contributed by atoms with Gasteiger partial charge in [-0.25, -0.2) is 4.98 Å². The molecule has 0 radical (unpaired) electrons. The third-order valence-electron chi connectivity index (χ3n) is 4.15. The summed E-state index contributed by atoms with van der Waals surface area (Å²) in [6, 6.07) is 15.1. The molecule has 3 rings (SSSR count). The zero-order valence-electron chi connectivity index (χ0n) is 15.1. The van der Waals surface area contributed by atoms with E-state index in [0.29, 0.717) is 11.6 Å². The van der Waals surface area contributed by atoms with E-state index in [9.17, 15) is 4.79 Å². The van der Waals surface area contributed by atoms with Crippen LogP contribution in [0.2, 0.25) is 0 Å². The lowest BCUT2D eigenvalue weighted by Crippen LogP contribution is -2.31. The van der Waals surface area contributed by atoms with E-state index in [1.165, 1.54) is 0 Å². The number of nitrogens with zero attached hydrogens (tertiary/aromatic N) is 2. The van der Waals surface area contributed by atoms with Crippen molar-refractivity contribution in [3.05, 3.63) is 76.9 Å². The molecule has 0 bridgehead atoms. The van der Waals surface area contributed by atoms with E-state index in [1.54, 1.807) is 7.11 Å². The summed E-state index contributed by atoms with van der Waals surface area (Å²) in [5.41, 5.74) is 2.86. The first kappa shape index (κ1) is 17.7. The average molecular weight is 350 g/mol. The Labute approximate surface area is 152 Å². The van der Waals surface area contributed by atoms with Crippen molar-refractivity contribution in [3.8, 4) is 5.75 Å². The van der Waals surface area contributed by atoms with Gasteiger partial charge in [0.15, 0.2) is 5.82 Å². The molecular formula is C20H22N4O2. The van der Waals surface area contributed by atoms with Crippen molar-refractivity contribution >= 4 is 5.91 Å². The lowest BCUT2D eigenvalue weighted by molar-refractivity contribution is -0.121. The quantitative estimate of drug-likeness (QED) is 0.716. The van der Waals surface area contributed by atoms with Gasteiger partial charge < -0.3 is 10.1 Å². The fraction of sp³-hybridized carbons (Fsp3) is 0.250. The van der Waals surface area contributed by atoms with Crippen molar-refractivity contribution in [2.24, 2.45) is 0 Å². The van der Waals surface area contributed by atoms with E-state index in [-0.39, 0.29) is 12.3 Å². The number of carbonyl (C=O) groups excluding carboxylic acids is 1. The SMILES string of the molecule is COc1cc(CC(=O)NC(c2ccccc2)c2n[nH]c(C)n2)ccc1C. The summed E-state index contributed by atoms with van der Waals surface area (Å²) in [5.74, 6) is 1.92. The van der Waals surface area contributed by atoms with Gasteiger partial charge in [-0.2, -0.15) is 5.10 Å². The highest BCUT2D eigenvalue weighted by Crippen LogP contribution is 2.21. The number of H-pyrrole nitrogens is 1. The monoisotopic (exact) mass is 350 g/mol. The number of aromatic amines is 1. The molecule has 6 nitrogen and oxygen atoms in total. The van der Waals surface area contributed by atoms with Crippen LogP contribution in [0.3, 0.4) is 0 Å². The number of ether oxygens (including phenoxy) is 1. The van der Waals surface area contributed by atoms with Crippen LogP contribution in [0.5, 0.6) is 5.75 Å². The molecule has 0 aliphatic heterocycles. The van der Waals surface area contributed by atoms with E-state index >= 15 is 0 Å². The molecular weight excluding hydrogens is 328 g/mol. The predicted octanol–water partition coefficient (Wildman–Crippen LogP) is 2.88. The Morgan fingerprint density at radius 2 is 1.96 bits per heavy atom. The van der Waals surface area contributed by atoms with Crippen molar-refractivity contribution < 1.29 is 9.53 Å². The number of nitrogens with one attached hydrogen (secondary N) is 2. The molecule has 1 atom stereocenters. The standard InChI is InChI=1S/C20H22N4O2/c1-13-9-10-15(11-17(13)26-3)12-18(25)22-19(16-7-5-4-6-8-16)20-21-14(2)23-24-20/h4-11,19H,12H2,1-3H3,(H,22,25)(H,21,23,24). The van der Waals surface area contributed by atoms with Gasteiger partial charge >= 0.3 is 0 Å². The lowest BCUT2D eigenvalue weighted by atomic mass is 10.0. The molecule has 26 heavy (non-hydrogen) atoms. The number of hydrogen-bond donors (Lipinski definition) is 2. The summed E-state index contributed by atoms with van der Waals surface area (Å²) in [6.45, 7) is 3.80. The Morgan fingerprint density at radius 3 is 2.62 bits per heavy atom. The fourth-order valence-corrected chi connectivity index (χ4v) is 2.80. The van der Waals surface area contributed by atoms with E-state index in [0.717, 1.165) is 22.4 Å². The molecule has 0 fully saturated rings. The van der Waals surface area contributed by atoms with Crippen LogP contribution >= 0.6 is 0 Å². The number of rotatable bonds is 6. The molecule has 0 saturated carbocycles. The molecule has 1 heterocycles. The van der Waals surface area contributed by atoms with Gasteiger partial charge in [0.2, 0.25) is 5.91 Å². The molecule has 2 aromatic carbocycles. The molecule has 1 unspecified atom stereocenters. The van der Waals surface area contributed by atoms with Crippen molar-refractivity contribution in [2.75, 3.05) is 7.11 Å². The number of aromatic nitrogens is 3. The van der Waals surface area contributed by atoms with Crippen LogP contribution in [0.25, 0.3) is 0 Å². The predicted molar refractivity (Wildman–Crippen MR) is 99.0 cm³/mol. The molecule has 2 N–H and O–H groups in total. The first-order valence-corrected chi connectivity index (χ1v) is 8.43. The molecule has 0 spiro atoms. The zero-order valence-corrected chi connectivity index (χ0v) is 15.1. The second-order valence-electron chi connectivity index (χ2n) is 6.17. The Morgan fingerprint density at radius 1 is 1.19 bits per heavy atom. The summed E-state index contributed by atoms with van der Waals surface area (Å²) >= 11 is 0. The van der Waals surface area contributed by atoms with E-state index in [2.05, 4.69) is 20.5 Å². The van der Waals surface area contributed by atoms with Crippen LogP contribution in [-0.2, 0) is 11.2 Å². The maximum atomic E-state index is 12.6. The zero-order chi connectivity index (χ0) is 18.5. The van der Waals surface area contributed by atoms with Gasteiger partial charge in [-0.3, -0.25) is 9.89 Å². The number of amides is 1. The summed E-state index contributed by atoms with van der Waals surface area (Å²) in [4.78, 5) is 17.0. The van der Waals surface area contributed by atoms with Crippen LogP contribution in [0.4, 0.5) is 0 Å². The third-order valence-corrected chi connectivity index (χ3v) is 4.15. The number of methoxy groups -OCH3 is 1. The van der Waals surface area contributed by atoms with Crippen LogP contribution < -0.4 is 10.1 Å². The van der Waals surface area contributed by atoms with Crippen LogP contribution in [0.15, 0.2) is 48.5 Å². The molecule has 1 amide bonds. The van der Waals surface area contributed by atoms with Crippen LogP contribution in [0, 0.1) is 13.8 Å². The smallest absolute Gasteiger partial charge is 0.225 e. The summed E-state index contributed by atoms with van der Waals surface area (Å²) in [5, 5.41) is 10.1. The number of aryl methyl sites for hydroxylation is 2.